The van der Waals surface area contributed by atoms with Gasteiger partial charge in [-0.05, 0) is 36.6 Å². The summed E-state index contributed by atoms with van der Waals surface area (Å²) in [6.45, 7) is 2.38. The number of nitrogens with one attached hydrogen (secondary N) is 2. The van der Waals surface area contributed by atoms with E-state index in [4.69, 9.17) is 0 Å². The van der Waals surface area contributed by atoms with Gasteiger partial charge in [-0.2, -0.15) is 0 Å². The number of carbonyl (C=O) groups is 1. The van der Waals surface area contributed by atoms with Crippen molar-refractivity contribution in [2.24, 2.45) is 0 Å². The number of anilines is 1. The van der Waals surface area contributed by atoms with Crippen LogP contribution in [0, 0.1) is 0 Å². The standard InChI is InChI=1S/C21H21N5O2/c27-20(17-14-24-19(25-21(17)28)16-6-10-22-11-7-16)23-9-3-12-26-13-8-15-4-1-2-5-18(15)26/h1-2,4-7,10-11,14H,3,8-9,12-13H2,(H,23,27)(H,24,25,28). The highest BCUT2D eigenvalue weighted by Gasteiger charge is 2.18. The molecule has 0 atom stereocenters. The number of rotatable bonds is 6. The number of para-hydroxylation sites is 1. The lowest BCUT2D eigenvalue weighted by Gasteiger charge is -2.19. The maximum Gasteiger partial charge on any atom is 0.264 e. The molecule has 3 aromatic rings. The monoisotopic (exact) mass is 375 g/mol. The van der Waals surface area contributed by atoms with Gasteiger partial charge in [0.05, 0.1) is 0 Å². The van der Waals surface area contributed by atoms with Gasteiger partial charge in [0.25, 0.3) is 11.5 Å². The summed E-state index contributed by atoms with van der Waals surface area (Å²) < 4.78 is 0. The zero-order chi connectivity index (χ0) is 19.3. The van der Waals surface area contributed by atoms with E-state index in [0.29, 0.717) is 12.4 Å². The summed E-state index contributed by atoms with van der Waals surface area (Å²) in [6, 6.07) is 11.9. The van der Waals surface area contributed by atoms with Crippen LogP contribution in [0.5, 0.6) is 0 Å². The van der Waals surface area contributed by atoms with Crippen molar-refractivity contribution < 1.29 is 4.79 Å². The van der Waals surface area contributed by atoms with Gasteiger partial charge in [-0.25, -0.2) is 4.98 Å². The molecule has 0 radical (unpaired) electrons. The number of pyridine rings is 1. The van der Waals surface area contributed by atoms with Gasteiger partial charge in [0, 0.05) is 49.5 Å². The number of H-pyrrole nitrogens is 1. The van der Waals surface area contributed by atoms with Gasteiger partial charge in [-0.15, -0.1) is 0 Å². The van der Waals surface area contributed by atoms with Crippen LogP contribution in [0.3, 0.4) is 0 Å². The Kier molecular flexibility index (Phi) is 5.14. The summed E-state index contributed by atoms with van der Waals surface area (Å²) in [7, 11) is 0. The molecule has 1 amide bonds. The van der Waals surface area contributed by atoms with Crippen molar-refractivity contribution >= 4 is 11.6 Å². The van der Waals surface area contributed by atoms with E-state index < -0.39 is 11.5 Å². The molecule has 0 unspecified atom stereocenters. The average Bonchev–Trinajstić information content (AvgIpc) is 3.15. The number of hydrogen-bond acceptors (Lipinski definition) is 5. The van der Waals surface area contributed by atoms with Crippen LogP contribution in [0.15, 0.2) is 59.8 Å². The quantitative estimate of drug-likeness (QED) is 0.643. The summed E-state index contributed by atoms with van der Waals surface area (Å²) in [4.78, 5) is 37.7. The van der Waals surface area contributed by atoms with Gasteiger partial charge in [-0.1, -0.05) is 18.2 Å². The minimum absolute atomic E-state index is 0.0179. The fourth-order valence-electron chi connectivity index (χ4n) is 3.42. The molecule has 0 saturated carbocycles. The third kappa shape index (κ3) is 3.78. The molecule has 2 aromatic heterocycles. The van der Waals surface area contributed by atoms with Gasteiger partial charge in [0.1, 0.15) is 11.4 Å². The highest BCUT2D eigenvalue weighted by molar-refractivity contribution is 5.93. The molecule has 1 aliphatic heterocycles. The summed E-state index contributed by atoms with van der Waals surface area (Å²) in [5.41, 5.74) is 2.96. The zero-order valence-electron chi connectivity index (χ0n) is 15.4. The maximum atomic E-state index is 12.3. The van der Waals surface area contributed by atoms with E-state index in [9.17, 15) is 9.59 Å². The Morgan fingerprint density at radius 1 is 1.18 bits per heavy atom. The van der Waals surface area contributed by atoms with E-state index in [-0.39, 0.29) is 5.56 Å². The molecule has 0 saturated heterocycles. The van der Waals surface area contributed by atoms with Gasteiger partial charge in [0.15, 0.2) is 0 Å². The van der Waals surface area contributed by atoms with Crippen molar-refractivity contribution in [3.63, 3.8) is 0 Å². The van der Waals surface area contributed by atoms with Crippen LogP contribution >= 0.6 is 0 Å². The first-order valence-electron chi connectivity index (χ1n) is 9.33. The molecule has 142 valence electrons. The Morgan fingerprint density at radius 2 is 2.00 bits per heavy atom. The number of hydrogen-bond donors (Lipinski definition) is 2. The van der Waals surface area contributed by atoms with Gasteiger partial charge >= 0.3 is 0 Å². The highest BCUT2D eigenvalue weighted by atomic mass is 16.2. The first-order chi connectivity index (χ1) is 13.7. The van der Waals surface area contributed by atoms with E-state index in [0.717, 1.165) is 31.5 Å². The third-order valence-corrected chi connectivity index (χ3v) is 4.87. The largest absolute Gasteiger partial charge is 0.371 e. The van der Waals surface area contributed by atoms with Crippen molar-refractivity contribution in [2.45, 2.75) is 12.8 Å². The molecular weight excluding hydrogens is 354 g/mol. The van der Waals surface area contributed by atoms with Crippen molar-refractivity contribution in [1.82, 2.24) is 20.3 Å². The summed E-state index contributed by atoms with van der Waals surface area (Å²) in [5, 5.41) is 2.81. The van der Waals surface area contributed by atoms with Gasteiger partial charge in [-0.3, -0.25) is 14.6 Å². The smallest absolute Gasteiger partial charge is 0.264 e. The second-order valence-electron chi connectivity index (χ2n) is 6.69. The summed E-state index contributed by atoms with van der Waals surface area (Å²) >= 11 is 0. The second kappa shape index (κ2) is 8.04. The van der Waals surface area contributed by atoms with E-state index >= 15 is 0 Å². The van der Waals surface area contributed by atoms with Crippen LogP contribution in [0.25, 0.3) is 11.4 Å². The molecular formula is C21H21N5O2. The van der Waals surface area contributed by atoms with E-state index in [1.54, 1.807) is 24.5 Å². The number of fused-ring (bicyclic) bond motifs is 1. The Balaban J connectivity index is 1.31. The fraction of sp³-hybridized carbons (Fsp3) is 0.238. The van der Waals surface area contributed by atoms with Crippen molar-refractivity contribution in [3.05, 3.63) is 76.5 Å². The van der Waals surface area contributed by atoms with Crippen LogP contribution in [0.1, 0.15) is 22.3 Å². The molecule has 28 heavy (non-hydrogen) atoms. The highest BCUT2D eigenvalue weighted by Crippen LogP contribution is 2.27. The van der Waals surface area contributed by atoms with Crippen molar-refractivity contribution in [3.8, 4) is 11.4 Å². The molecule has 0 spiro atoms. The SMILES string of the molecule is O=C(NCCCN1CCc2ccccc21)c1cnc(-c2ccncc2)[nH]c1=O. The van der Waals surface area contributed by atoms with E-state index in [2.05, 4.69) is 43.4 Å². The first kappa shape index (κ1) is 17.9. The number of amides is 1. The van der Waals surface area contributed by atoms with E-state index in [1.807, 2.05) is 6.07 Å². The third-order valence-electron chi connectivity index (χ3n) is 4.87. The van der Waals surface area contributed by atoms with Crippen LogP contribution in [-0.2, 0) is 6.42 Å². The minimum Gasteiger partial charge on any atom is -0.371 e. The zero-order valence-corrected chi connectivity index (χ0v) is 15.4. The minimum atomic E-state index is -0.451. The molecule has 2 N–H and O–H groups in total. The lowest BCUT2D eigenvalue weighted by atomic mass is 10.2. The number of aromatic nitrogens is 3. The molecule has 0 bridgehead atoms. The number of aromatic amines is 1. The van der Waals surface area contributed by atoms with Crippen molar-refractivity contribution in [2.75, 3.05) is 24.5 Å². The predicted octanol–water partition coefficient (Wildman–Crippen LogP) is 2.01. The second-order valence-corrected chi connectivity index (χ2v) is 6.69. The molecule has 3 heterocycles. The Hall–Kier alpha value is -3.48. The number of benzene rings is 1. The van der Waals surface area contributed by atoms with Crippen LogP contribution in [0.4, 0.5) is 5.69 Å². The summed E-state index contributed by atoms with van der Waals surface area (Å²) in [5.74, 6) is 0.00787. The molecule has 0 aliphatic carbocycles. The van der Waals surface area contributed by atoms with Crippen LogP contribution in [-0.4, -0.2) is 40.5 Å². The lowest BCUT2D eigenvalue weighted by Crippen LogP contribution is -2.32. The first-order valence-corrected chi connectivity index (χ1v) is 9.33. The lowest BCUT2D eigenvalue weighted by molar-refractivity contribution is 0.0951. The molecule has 7 nitrogen and oxygen atoms in total. The number of nitrogens with zero attached hydrogens (tertiary/aromatic N) is 3. The Labute approximate surface area is 162 Å². The normalized spacial score (nSPS) is 12.6. The van der Waals surface area contributed by atoms with E-state index in [1.165, 1.54) is 17.4 Å². The fourth-order valence-corrected chi connectivity index (χ4v) is 3.42. The maximum absolute atomic E-state index is 12.3. The number of carbonyl (C=O) groups excluding carboxylic acids is 1. The Morgan fingerprint density at radius 3 is 2.82 bits per heavy atom. The average molecular weight is 375 g/mol. The molecule has 7 heteroatoms. The predicted molar refractivity (Wildman–Crippen MR) is 107 cm³/mol. The van der Waals surface area contributed by atoms with Crippen molar-refractivity contribution in [1.29, 1.82) is 0 Å². The molecule has 0 fully saturated rings. The van der Waals surface area contributed by atoms with Gasteiger partial charge < -0.3 is 15.2 Å². The Bertz CT molecular complexity index is 1030. The topological polar surface area (TPSA) is 91.0 Å². The van der Waals surface area contributed by atoms with Crippen LogP contribution in [0.2, 0.25) is 0 Å². The van der Waals surface area contributed by atoms with Crippen LogP contribution < -0.4 is 15.8 Å². The van der Waals surface area contributed by atoms with Gasteiger partial charge in [0.2, 0.25) is 0 Å². The summed E-state index contributed by atoms with van der Waals surface area (Å²) in [6.07, 6.45) is 6.43. The molecule has 1 aliphatic rings. The molecule has 1 aromatic carbocycles. The molecule has 4 rings (SSSR count).